The molecule has 3 aromatic rings. The molecule has 1 amide bonds. The van der Waals surface area contributed by atoms with Crippen molar-refractivity contribution in [3.8, 4) is 0 Å². The molecule has 7 heteroatoms. The summed E-state index contributed by atoms with van der Waals surface area (Å²) in [5.41, 5.74) is 3.32. The maximum absolute atomic E-state index is 12.9. The van der Waals surface area contributed by atoms with E-state index in [1.807, 2.05) is 61.5 Å². The van der Waals surface area contributed by atoms with Crippen LogP contribution in [0.5, 0.6) is 0 Å². The molecule has 0 saturated carbocycles. The molecule has 156 valence electrons. The van der Waals surface area contributed by atoms with Gasteiger partial charge in [0.25, 0.3) is 0 Å². The van der Waals surface area contributed by atoms with Gasteiger partial charge in [-0.1, -0.05) is 71.8 Å². The second-order valence-electron chi connectivity index (χ2n) is 7.07. The van der Waals surface area contributed by atoms with Crippen molar-refractivity contribution in [1.29, 1.82) is 0 Å². The summed E-state index contributed by atoms with van der Waals surface area (Å²) in [5, 5.41) is 3.47. The highest BCUT2D eigenvalue weighted by molar-refractivity contribution is 7.92. The fourth-order valence-electron chi connectivity index (χ4n) is 3.11. The minimum atomic E-state index is -3.67. The predicted molar refractivity (Wildman–Crippen MR) is 121 cm³/mol. The van der Waals surface area contributed by atoms with Crippen LogP contribution in [0.15, 0.2) is 78.9 Å². The van der Waals surface area contributed by atoms with Crippen molar-refractivity contribution in [2.24, 2.45) is 0 Å². The van der Waals surface area contributed by atoms with Gasteiger partial charge in [-0.3, -0.25) is 9.10 Å². The van der Waals surface area contributed by atoms with E-state index in [0.29, 0.717) is 10.7 Å². The zero-order chi connectivity index (χ0) is 21.7. The van der Waals surface area contributed by atoms with E-state index in [-0.39, 0.29) is 6.54 Å². The van der Waals surface area contributed by atoms with Crippen LogP contribution in [0.25, 0.3) is 0 Å². The molecular formula is C23H23ClN2O3S. The average molecular weight is 443 g/mol. The molecule has 0 saturated heterocycles. The summed E-state index contributed by atoms with van der Waals surface area (Å²) in [7, 11) is -3.67. The molecule has 0 radical (unpaired) electrons. The maximum atomic E-state index is 12.9. The van der Waals surface area contributed by atoms with E-state index in [1.54, 1.807) is 24.3 Å². The molecule has 3 rings (SSSR count). The van der Waals surface area contributed by atoms with Crippen molar-refractivity contribution in [2.75, 3.05) is 17.1 Å². The maximum Gasteiger partial charge on any atom is 0.241 e. The van der Waals surface area contributed by atoms with Crippen molar-refractivity contribution in [2.45, 2.75) is 13.0 Å². The van der Waals surface area contributed by atoms with E-state index in [9.17, 15) is 13.2 Å². The first-order valence-corrected chi connectivity index (χ1v) is 11.6. The van der Waals surface area contributed by atoms with Gasteiger partial charge in [-0.05, 0) is 42.3 Å². The Morgan fingerprint density at radius 1 is 0.933 bits per heavy atom. The molecule has 0 aliphatic heterocycles. The molecule has 0 fully saturated rings. The van der Waals surface area contributed by atoms with Crippen LogP contribution >= 0.6 is 11.6 Å². The lowest BCUT2D eigenvalue weighted by Crippen LogP contribution is -2.41. The van der Waals surface area contributed by atoms with Crippen LogP contribution < -0.4 is 9.62 Å². The molecule has 0 spiro atoms. The van der Waals surface area contributed by atoms with Crippen LogP contribution in [0.1, 0.15) is 22.7 Å². The zero-order valence-electron chi connectivity index (χ0n) is 16.7. The van der Waals surface area contributed by atoms with Gasteiger partial charge in [0.05, 0.1) is 18.0 Å². The number of rotatable bonds is 7. The smallest absolute Gasteiger partial charge is 0.241 e. The second-order valence-corrected chi connectivity index (χ2v) is 9.41. The number of carbonyl (C=O) groups is 1. The third kappa shape index (κ3) is 5.62. The largest absolute Gasteiger partial charge is 0.344 e. The Morgan fingerprint density at radius 3 is 2.07 bits per heavy atom. The van der Waals surface area contributed by atoms with Gasteiger partial charge in [0.1, 0.15) is 6.54 Å². The lowest BCUT2D eigenvalue weighted by Gasteiger charge is -2.25. The number of sulfonamides is 1. The predicted octanol–water partition coefficient (Wildman–Crippen LogP) is 4.32. The highest BCUT2D eigenvalue weighted by atomic mass is 35.5. The minimum Gasteiger partial charge on any atom is -0.344 e. The molecule has 1 N–H and O–H groups in total. The van der Waals surface area contributed by atoms with E-state index in [4.69, 9.17) is 11.6 Å². The number of amides is 1. The quantitative estimate of drug-likeness (QED) is 0.592. The summed E-state index contributed by atoms with van der Waals surface area (Å²) in [5.74, 6) is -0.412. The van der Waals surface area contributed by atoms with E-state index in [2.05, 4.69) is 5.32 Å². The van der Waals surface area contributed by atoms with Crippen molar-refractivity contribution in [1.82, 2.24) is 5.32 Å². The fourth-order valence-corrected chi connectivity index (χ4v) is 4.09. The number of aryl methyl sites for hydroxylation is 1. The van der Waals surface area contributed by atoms with E-state index in [0.717, 1.165) is 27.3 Å². The van der Waals surface area contributed by atoms with Crippen LogP contribution in [0, 0.1) is 6.92 Å². The fraction of sp³-hybridized carbons (Fsp3) is 0.174. The van der Waals surface area contributed by atoms with Crippen molar-refractivity contribution in [3.05, 3.63) is 101 Å². The first kappa shape index (κ1) is 21.9. The van der Waals surface area contributed by atoms with Crippen LogP contribution in [0.2, 0.25) is 5.02 Å². The normalized spacial score (nSPS) is 12.2. The van der Waals surface area contributed by atoms with Gasteiger partial charge in [-0.15, -0.1) is 0 Å². The second kappa shape index (κ2) is 9.32. The lowest BCUT2D eigenvalue weighted by atomic mass is 9.98. The number of carbonyl (C=O) groups excluding carboxylic acids is 1. The molecule has 1 unspecified atom stereocenters. The van der Waals surface area contributed by atoms with Crippen molar-refractivity contribution < 1.29 is 13.2 Å². The third-order valence-corrected chi connectivity index (χ3v) is 6.04. The van der Waals surface area contributed by atoms with Crippen molar-refractivity contribution in [3.63, 3.8) is 0 Å². The summed E-state index contributed by atoms with van der Waals surface area (Å²) < 4.78 is 25.7. The molecule has 0 bridgehead atoms. The van der Waals surface area contributed by atoms with Crippen molar-refractivity contribution >= 4 is 33.2 Å². The first-order valence-electron chi connectivity index (χ1n) is 9.38. The molecule has 0 aromatic heterocycles. The molecule has 3 aromatic carbocycles. The SMILES string of the molecule is Cc1ccc(C(NC(=O)CN(c2ccc(Cl)cc2)S(C)(=O)=O)c2ccccc2)cc1. The lowest BCUT2D eigenvalue weighted by molar-refractivity contribution is -0.120. The van der Waals surface area contributed by atoms with Gasteiger partial charge in [0.15, 0.2) is 0 Å². The van der Waals surface area contributed by atoms with Crippen LogP contribution in [-0.4, -0.2) is 27.1 Å². The number of hydrogen-bond acceptors (Lipinski definition) is 3. The molecule has 30 heavy (non-hydrogen) atoms. The summed E-state index contributed by atoms with van der Waals surface area (Å²) in [6.07, 6.45) is 1.07. The highest BCUT2D eigenvalue weighted by Gasteiger charge is 2.23. The summed E-state index contributed by atoms with van der Waals surface area (Å²) in [6, 6.07) is 23.4. The number of halogens is 1. The van der Waals surface area contributed by atoms with Crippen LogP contribution in [-0.2, 0) is 14.8 Å². The topological polar surface area (TPSA) is 66.5 Å². The molecule has 5 nitrogen and oxygen atoms in total. The Hall–Kier alpha value is -2.83. The van der Waals surface area contributed by atoms with E-state index in [1.165, 1.54) is 0 Å². The summed E-state index contributed by atoms with van der Waals surface area (Å²) in [4.78, 5) is 12.9. The summed E-state index contributed by atoms with van der Waals surface area (Å²) in [6.45, 7) is 1.66. The van der Waals surface area contributed by atoms with Gasteiger partial charge < -0.3 is 5.32 Å². The van der Waals surface area contributed by atoms with Crippen LogP contribution in [0.4, 0.5) is 5.69 Å². The first-order chi connectivity index (χ1) is 14.2. The summed E-state index contributed by atoms with van der Waals surface area (Å²) >= 11 is 5.90. The Balaban J connectivity index is 1.87. The van der Waals surface area contributed by atoms with Gasteiger partial charge in [-0.25, -0.2) is 8.42 Å². The highest BCUT2D eigenvalue weighted by Crippen LogP contribution is 2.24. The van der Waals surface area contributed by atoms with E-state index >= 15 is 0 Å². The number of nitrogens with zero attached hydrogens (tertiary/aromatic N) is 1. The number of nitrogens with one attached hydrogen (secondary N) is 1. The average Bonchev–Trinajstić information content (AvgIpc) is 2.72. The molecule has 0 aliphatic carbocycles. The molecular weight excluding hydrogens is 420 g/mol. The Kier molecular flexibility index (Phi) is 6.80. The Morgan fingerprint density at radius 2 is 1.50 bits per heavy atom. The van der Waals surface area contributed by atoms with Gasteiger partial charge in [-0.2, -0.15) is 0 Å². The monoisotopic (exact) mass is 442 g/mol. The van der Waals surface area contributed by atoms with Gasteiger partial charge in [0.2, 0.25) is 15.9 Å². The third-order valence-electron chi connectivity index (χ3n) is 4.65. The number of hydrogen-bond donors (Lipinski definition) is 1. The Bertz CT molecular complexity index is 1100. The molecule has 0 heterocycles. The standard InChI is InChI=1S/C23H23ClN2O3S/c1-17-8-10-19(11-9-17)23(18-6-4-3-5-7-18)25-22(27)16-26(30(2,28)29)21-14-12-20(24)13-15-21/h3-15,23H,16H2,1-2H3,(H,25,27). The Labute approximate surface area is 182 Å². The zero-order valence-corrected chi connectivity index (χ0v) is 18.3. The van der Waals surface area contributed by atoms with Crippen LogP contribution in [0.3, 0.4) is 0 Å². The van der Waals surface area contributed by atoms with Gasteiger partial charge in [0, 0.05) is 5.02 Å². The number of benzene rings is 3. The van der Waals surface area contributed by atoms with Gasteiger partial charge >= 0.3 is 0 Å². The molecule has 1 atom stereocenters. The van der Waals surface area contributed by atoms with E-state index < -0.39 is 22.0 Å². The number of anilines is 1. The molecule has 0 aliphatic rings. The minimum absolute atomic E-state index is 0.338.